The fourth-order valence-corrected chi connectivity index (χ4v) is 3.69. The lowest BCUT2D eigenvalue weighted by molar-refractivity contribution is -0.125. The first-order valence-electron chi connectivity index (χ1n) is 9.10. The molecule has 1 atom stereocenters. The summed E-state index contributed by atoms with van der Waals surface area (Å²) in [6.45, 7) is 6.83. The minimum atomic E-state index is -4.03. The Morgan fingerprint density at radius 2 is 1.83 bits per heavy atom. The zero-order chi connectivity index (χ0) is 21.8. The molecular weight excluding hydrogens is 399 g/mol. The molecule has 0 spiro atoms. The maximum Gasteiger partial charge on any atom is 0.265 e. The van der Waals surface area contributed by atoms with Crippen LogP contribution in [-0.2, 0) is 14.8 Å². The first kappa shape index (κ1) is 22.6. The van der Waals surface area contributed by atoms with Gasteiger partial charge < -0.3 is 15.2 Å². The van der Waals surface area contributed by atoms with Crippen LogP contribution >= 0.6 is 0 Å². The van der Waals surface area contributed by atoms with Crippen molar-refractivity contribution in [3.63, 3.8) is 0 Å². The van der Waals surface area contributed by atoms with Crippen LogP contribution in [0.25, 0.3) is 0 Å². The van der Waals surface area contributed by atoms with E-state index in [4.69, 9.17) is 4.74 Å². The third-order valence-electron chi connectivity index (χ3n) is 4.11. The van der Waals surface area contributed by atoms with E-state index in [2.05, 4.69) is 10.0 Å². The van der Waals surface area contributed by atoms with E-state index < -0.39 is 27.9 Å². The summed E-state index contributed by atoms with van der Waals surface area (Å²) in [5.74, 6) is -1.27. The normalized spacial score (nSPS) is 12.5. The molecule has 2 rings (SSSR count). The second-order valence-corrected chi connectivity index (χ2v) is 8.49. The van der Waals surface area contributed by atoms with E-state index in [9.17, 15) is 22.7 Å². The van der Waals surface area contributed by atoms with E-state index in [-0.39, 0.29) is 34.5 Å². The highest BCUT2D eigenvalue weighted by molar-refractivity contribution is 7.92. The number of nitrogens with one attached hydrogen (secondary N) is 2. The van der Waals surface area contributed by atoms with Crippen LogP contribution in [0.15, 0.2) is 41.3 Å². The van der Waals surface area contributed by atoms with Crippen molar-refractivity contribution < 1.29 is 27.4 Å². The first-order chi connectivity index (χ1) is 13.5. The van der Waals surface area contributed by atoms with Gasteiger partial charge in [-0.2, -0.15) is 0 Å². The third kappa shape index (κ3) is 5.68. The highest BCUT2D eigenvalue weighted by atomic mass is 32.2. The van der Waals surface area contributed by atoms with Crippen LogP contribution in [0, 0.1) is 18.7 Å². The van der Waals surface area contributed by atoms with Gasteiger partial charge in [0, 0.05) is 17.4 Å². The number of hydrogen-bond acceptors (Lipinski definition) is 5. The molecule has 0 aromatic heterocycles. The molecule has 0 aliphatic carbocycles. The number of ether oxygens (including phenoxy) is 1. The van der Waals surface area contributed by atoms with Crippen molar-refractivity contribution in [1.29, 1.82) is 0 Å². The van der Waals surface area contributed by atoms with E-state index in [1.807, 2.05) is 0 Å². The van der Waals surface area contributed by atoms with Crippen LogP contribution in [0.2, 0.25) is 0 Å². The number of sulfonamides is 1. The Morgan fingerprint density at radius 3 is 2.41 bits per heavy atom. The van der Waals surface area contributed by atoms with Crippen LogP contribution in [0.3, 0.4) is 0 Å². The highest BCUT2D eigenvalue weighted by Gasteiger charge is 2.23. The monoisotopic (exact) mass is 424 g/mol. The number of aryl methyl sites for hydroxylation is 1. The molecule has 0 saturated carbocycles. The van der Waals surface area contributed by atoms with Gasteiger partial charge in [-0.3, -0.25) is 9.52 Å². The van der Waals surface area contributed by atoms with Crippen molar-refractivity contribution in [2.45, 2.75) is 38.7 Å². The SMILES string of the molecule is CCOc1cc(NC(=O)[C@@H](O)C(C)C)ccc1S(=O)(=O)Nc1ccc(F)c(C)c1. The largest absolute Gasteiger partial charge is 0.492 e. The van der Waals surface area contributed by atoms with Gasteiger partial charge in [-0.25, -0.2) is 12.8 Å². The number of rotatable bonds is 8. The topological polar surface area (TPSA) is 105 Å². The Hall–Kier alpha value is -2.65. The lowest BCUT2D eigenvalue weighted by atomic mass is 10.1. The molecule has 0 fully saturated rings. The van der Waals surface area contributed by atoms with Gasteiger partial charge in [0.2, 0.25) is 0 Å². The number of hydrogen-bond donors (Lipinski definition) is 3. The second-order valence-electron chi connectivity index (χ2n) is 6.84. The Morgan fingerprint density at radius 1 is 1.17 bits per heavy atom. The fraction of sp³-hybridized carbons (Fsp3) is 0.350. The smallest absolute Gasteiger partial charge is 0.265 e. The van der Waals surface area contributed by atoms with E-state index in [0.717, 1.165) is 0 Å². The molecule has 3 N–H and O–H groups in total. The van der Waals surface area contributed by atoms with Crippen molar-refractivity contribution in [1.82, 2.24) is 0 Å². The Kier molecular flexibility index (Phi) is 7.21. The first-order valence-corrected chi connectivity index (χ1v) is 10.6. The number of halogens is 1. The summed E-state index contributed by atoms with van der Waals surface area (Å²) in [7, 11) is -4.03. The molecule has 2 aromatic carbocycles. The average molecular weight is 424 g/mol. The van der Waals surface area contributed by atoms with Gasteiger partial charge in [0.25, 0.3) is 15.9 Å². The maximum absolute atomic E-state index is 13.4. The van der Waals surface area contributed by atoms with Crippen molar-refractivity contribution in [2.24, 2.45) is 5.92 Å². The van der Waals surface area contributed by atoms with Gasteiger partial charge in [0.05, 0.1) is 6.61 Å². The predicted molar refractivity (Wildman–Crippen MR) is 109 cm³/mol. The minimum absolute atomic E-state index is 0.0377. The zero-order valence-electron chi connectivity index (χ0n) is 16.7. The lowest BCUT2D eigenvalue weighted by Crippen LogP contribution is -2.31. The van der Waals surface area contributed by atoms with E-state index in [0.29, 0.717) is 5.56 Å². The number of aliphatic hydroxyl groups is 1. The van der Waals surface area contributed by atoms with Gasteiger partial charge in [0.1, 0.15) is 22.6 Å². The van der Waals surface area contributed by atoms with Crippen LogP contribution in [0.1, 0.15) is 26.3 Å². The number of carbonyl (C=O) groups is 1. The molecular formula is C20H25FN2O5S. The number of anilines is 2. The summed E-state index contributed by atoms with van der Waals surface area (Å²) < 4.78 is 46.9. The summed E-state index contributed by atoms with van der Waals surface area (Å²) in [6.07, 6.45) is -1.20. The lowest BCUT2D eigenvalue weighted by Gasteiger charge is -2.17. The molecule has 9 heteroatoms. The summed E-state index contributed by atoms with van der Waals surface area (Å²) in [5.41, 5.74) is 0.801. The van der Waals surface area contributed by atoms with Gasteiger partial charge in [-0.05, 0) is 55.7 Å². The third-order valence-corrected chi connectivity index (χ3v) is 5.53. The van der Waals surface area contributed by atoms with Crippen LogP contribution in [-0.4, -0.2) is 32.1 Å². The van der Waals surface area contributed by atoms with Gasteiger partial charge in [-0.1, -0.05) is 13.8 Å². The Bertz CT molecular complexity index is 992. The molecule has 2 aromatic rings. The molecule has 0 aliphatic heterocycles. The van der Waals surface area contributed by atoms with Crippen molar-refractivity contribution in [3.8, 4) is 5.75 Å². The number of amides is 1. The number of benzene rings is 2. The van der Waals surface area contributed by atoms with Gasteiger partial charge in [-0.15, -0.1) is 0 Å². The number of carbonyl (C=O) groups excluding carboxylic acids is 1. The molecule has 29 heavy (non-hydrogen) atoms. The molecule has 1 amide bonds. The van der Waals surface area contributed by atoms with Crippen molar-refractivity contribution >= 4 is 27.3 Å². The van der Waals surface area contributed by atoms with Crippen LogP contribution < -0.4 is 14.8 Å². The molecule has 7 nitrogen and oxygen atoms in total. The maximum atomic E-state index is 13.4. The Balaban J connectivity index is 2.33. The quantitative estimate of drug-likeness (QED) is 0.603. The Labute approximate surface area is 170 Å². The van der Waals surface area contributed by atoms with Crippen molar-refractivity contribution in [2.75, 3.05) is 16.6 Å². The molecule has 0 unspecified atom stereocenters. The summed E-state index contributed by atoms with van der Waals surface area (Å²) in [4.78, 5) is 11.9. The van der Waals surface area contributed by atoms with Crippen LogP contribution in [0.4, 0.5) is 15.8 Å². The standard InChI is InChI=1S/C20H25FN2O5S/c1-5-28-17-11-14(22-20(25)19(24)12(2)3)7-9-18(17)29(26,27)23-15-6-8-16(21)13(4)10-15/h6-12,19,23-24H,5H2,1-4H3,(H,22,25)/t19-/m0/s1. The summed E-state index contributed by atoms with van der Waals surface area (Å²) in [5, 5.41) is 12.4. The zero-order valence-corrected chi connectivity index (χ0v) is 17.5. The minimum Gasteiger partial charge on any atom is -0.492 e. The molecule has 0 radical (unpaired) electrons. The highest BCUT2D eigenvalue weighted by Crippen LogP contribution is 2.30. The fourth-order valence-electron chi connectivity index (χ4n) is 2.51. The average Bonchev–Trinajstić information content (AvgIpc) is 2.64. The molecule has 0 saturated heterocycles. The predicted octanol–water partition coefficient (Wildman–Crippen LogP) is 3.29. The van der Waals surface area contributed by atoms with Gasteiger partial charge >= 0.3 is 0 Å². The second kappa shape index (κ2) is 9.23. The van der Waals surface area contributed by atoms with Crippen LogP contribution in [0.5, 0.6) is 5.75 Å². The van der Waals surface area contributed by atoms with E-state index >= 15 is 0 Å². The summed E-state index contributed by atoms with van der Waals surface area (Å²) in [6, 6.07) is 7.95. The molecule has 158 valence electrons. The number of aliphatic hydroxyl groups excluding tert-OH is 1. The molecule has 0 bridgehead atoms. The molecule has 0 heterocycles. The summed E-state index contributed by atoms with van der Waals surface area (Å²) >= 11 is 0. The van der Waals surface area contributed by atoms with Crippen molar-refractivity contribution in [3.05, 3.63) is 47.8 Å². The molecule has 0 aliphatic rings. The van der Waals surface area contributed by atoms with Gasteiger partial charge in [0.15, 0.2) is 0 Å². The van der Waals surface area contributed by atoms with E-state index in [1.54, 1.807) is 20.8 Å². The van der Waals surface area contributed by atoms with E-state index in [1.165, 1.54) is 43.3 Å².